The molecule has 0 spiro atoms. The Morgan fingerprint density at radius 2 is 2.00 bits per heavy atom. The molecule has 0 saturated heterocycles. The minimum Gasteiger partial charge on any atom is -0.481 e. The van der Waals surface area contributed by atoms with Gasteiger partial charge in [0, 0.05) is 37.7 Å². The van der Waals surface area contributed by atoms with E-state index >= 15 is 0 Å². The summed E-state index contributed by atoms with van der Waals surface area (Å²) in [6, 6.07) is 6.09. The van der Waals surface area contributed by atoms with Gasteiger partial charge in [-0.2, -0.15) is 4.98 Å². The number of carbonyl (C=O) groups is 3. The lowest BCUT2D eigenvalue weighted by atomic mass is 10.1. The Labute approximate surface area is 186 Å². The Morgan fingerprint density at radius 1 is 1.28 bits per heavy atom. The second-order valence-electron chi connectivity index (χ2n) is 8.53. The Bertz CT molecular complexity index is 950. The zero-order valence-corrected chi connectivity index (χ0v) is 19.0. The molecule has 1 unspecified atom stereocenters. The van der Waals surface area contributed by atoms with Crippen molar-refractivity contribution in [2.24, 2.45) is 0 Å². The number of ether oxygens (including phenoxy) is 1. The van der Waals surface area contributed by atoms with Crippen LogP contribution in [0.5, 0.6) is 0 Å². The molecule has 0 saturated carbocycles. The predicted octanol–water partition coefficient (Wildman–Crippen LogP) is 3.27. The summed E-state index contributed by atoms with van der Waals surface area (Å²) in [5, 5.41) is 15.8. The fourth-order valence-electron chi connectivity index (χ4n) is 2.93. The third-order valence-electron chi connectivity index (χ3n) is 4.42. The van der Waals surface area contributed by atoms with Gasteiger partial charge in [-0.3, -0.25) is 9.59 Å². The van der Waals surface area contributed by atoms with E-state index < -0.39 is 29.6 Å². The van der Waals surface area contributed by atoms with E-state index in [0.29, 0.717) is 42.2 Å². The summed E-state index contributed by atoms with van der Waals surface area (Å²) in [5.74, 6) is -0.650. The smallest absolute Gasteiger partial charge is 0.410 e. The van der Waals surface area contributed by atoms with E-state index in [1.165, 1.54) is 4.90 Å². The molecule has 0 bridgehead atoms. The summed E-state index contributed by atoms with van der Waals surface area (Å²) < 4.78 is 10.3. The van der Waals surface area contributed by atoms with Crippen LogP contribution in [0.2, 0.25) is 0 Å². The molecule has 1 aromatic heterocycles. The van der Waals surface area contributed by atoms with Gasteiger partial charge in [0.1, 0.15) is 5.60 Å². The molecule has 10 nitrogen and oxygen atoms in total. The first-order valence-electron chi connectivity index (χ1n) is 10.3. The van der Waals surface area contributed by atoms with Crippen LogP contribution in [0.1, 0.15) is 56.3 Å². The van der Waals surface area contributed by atoms with Crippen molar-refractivity contribution in [3.63, 3.8) is 0 Å². The first-order chi connectivity index (χ1) is 14.9. The van der Waals surface area contributed by atoms with Crippen molar-refractivity contribution >= 4 is 18.0 Å². The maximum Gasteiger partial charge on any atom is 0.410 e. The molecule has 10 heteroatoms. The van der Waals surface area contributed by atoms with E-state index in [2.05, 4.69) is 15.5 Å². The minimum absolute atomic E-state index is 0.231. The second kappa shape index (κ2) is 10.7. The summed E-state index contributed by atoms with van der Waals surface area (Å²) in [7, 11) is 1.62. The van der Waals surface area contributed by atoms with Gasteiger partial charge >= 0.3 is 12.1 Å². The quantitative estimate of drug-likeness (QED) is 0.599. The standard InChI is InChI=1S/C22H30N4O6/c1-14-23-19(25-32-14)15-8-6-9-16(12-15)20(29)24-17(13-18(27)28)10-7-11-26(5)21(30)31-22(2,3)4/h6,8-9,12,17H,7,10-11,13H2,1-5H3,(H,24,29)(H,27,28). The summed E-state index contributed by atoms with van der Waals surface area (Å²) in [6.07, 6.45) is 0.196. The maximum absolute atomic E-state index is 12.7. The molecule has 2 rings (SSSR count). The van der Waals surface area contributed by atoms with Crippen LogP contribution < -0.4 is 5.32 Å². The van der Waals surface area contributed by atoms with Crippen LogP contribution in [-0.2, 0) is 9.53 Å². The Kier molecular flexibility index (Phi) is 8.34. The average molecular weight is 447 g/mol. The number of carboxylic acid groups (broad SMARTS) is 1. The summed E-state index contributed by atoms with van der Waals surface area (Å²) in [6.45, 7) is 7.39. The van der Waals surface area contributed by atoms with E-state index in [-0.39, 0.29) is 6.42 Å². The molecular formula is C22H30N4O6. The minimum atomic E-state index is -1.02. The molecule has 1 atom stereocenters. The molecule has 0 aliphatic heterocycles. The van der Waals surface area contributed by atoms with E-state index in [9.17, 15) is 19.5 Å². The third kappa shape index (κ3) is 8.01. The fourth-order valence-corrected chi connectivity index (χ4v) is 2.93. The van der Waals surface area contributed by atoms with Gasteiger partial charge < -0.3 is 24.6 Å². The molecule has 0 fully saturated rings. The normalized spacial score (nSPS) is 12.2. The molecule has 0 radical (unpaired) electrons. The van der Waals surface area contributed by atoms with Crippen LogP contribution in [0.3, 0.4) is 0 Å². The number of carboxylic acids is 1. The van der Waals surface area contributed by atoms with Gasteiger partial charge in [-0.25, -0.2) is 4.79 Å². The van der Waals surface area contributed by atoms with E-state index in [1.54, 1.807) is 59.0 Å². The zero-order chi connectivity index (χ0) is 23.9. The van der Waals surface area contributed by atoms with E-state index in [1.807, 2.05) is 0 Å². The number of rotatable bonds is 9. The third-order valence-corrected chi connectivity index (χ3v) is 4.42. The first-order valence-corrected chi connectivity index (χ1v) is 10.3. The molecule has 32 heavy (non-hydrogen) atoms. The average Bonchev–Trinajstić information content (AvgIpc) is 3.12. The highest BCUT2D eigenvalue weighted by molar-refractivity contribution is 5.95. The van der Waals surface area contributed by atoms with Gasteiger partial charge in [-0.05, 0) is 45.7 Å². The van der Waals surface area contributed by atoms with Crippen molar-refractivity contribution in [2.45, 2.75) is 58.6 Å². The SMILES string of the molecule is Cc1nc(-c2cccc(C(=O)NC(CCCN(C)C(=O)OC(C)(C)C)CC(=O)O)c2)no1. The molecule has 174 valence electrons. The number of hydrogen-bond donors (Lipinski definition) is 2. The molecule has 2 aromatic rings. The molecule has 0 aliphatic rings. The van der Waals surface area contributed by atoms with Crippen molar-refractivity contribution in [3.8, 4) is 11.4 Å². The van der Waals surface area contributed by atoms with Crippen LogP contribution in [0, 0.1) is 6.92 Å². The molecule has 1 aromatic carbocycles. The number of aliphatic carboxylic acids is 1. The second-order valence-corrected chi connectivity index (χ2v) is 8.53. The first kappa shape index (κ1) is 24.8. The van der Waals surface area contributed by atoms with Gasteiger partial charge in [0.2, 0.25) is 11.7 Å². The van der Waals surface area contributed by atoms with Crippen LogP contribution >= 0.6 is 0 Å². The lowest BCUT2D eigenvalue weighted by Crippen LogP contribution is -2.38. The molecule has 0 aliphatic carbocycles. The van der Waals surface area contributed by atoms with Crippen LogP contribution in [0.25, 0.3) is 11.4 Å². The summed E-state index contributed by atoms with van der Waals surface area (Å²) in [4.78, 5) is 41.6. The highest BCUT2D eigenvalue weighted by Gasteiger charge is 2.21. The van der Waals surface area contributed by atoms with Gasteiger partial charge in [-0.1, -0.05) is 17.3 Å². The van der Waals surface area contributed by atoms with E-state index in [0.717, 1.165) is 0 Å². The Morgan fingerprint density at radius 3 is 2.59 bits per heavy atom. The predicted molar refractivity (Wildman–Crippen MR) is 116 cm³/mol. The number of aryl methyl sites for hydroxylation is 1. The fraction of sp³-hybridized carbons (Fsp3) is 0.500. The number of benzene rings is 1. The van der Waals surface area contributed by atoms with Crippen LogP contribution in [0.15, 0.2) is 28.8 Å². The summed E-state index contributed by atoms with van der Waals surface area (Å²) >= 11 is 0. The largest absolute Gasteiger partial charge is 0.481 e. The van der Waals surface area contributed by atoms with Crippen molar-refractivity contribution in [2.75, 3.05) is 13.6 Å². The van der Waals surface area contributed by atoms with Gasteiger partial charge in [0.15, 0.2) is 0 Å². The van der Waals surface area contributed by atoms with Gasteiger partial charge in [0.05, 0.1) is 6.42 Å². The van der Waals surface area contributed by atoms with Crippen LogP contribution in [-0.4, -0.2) is 63.4 Å². The Hall–Kier alpha value is -3.43. The van der Waals surface area contributed by atoms with Crippen molar-refractivity contribution in [1.82, 2.24) is 20.4 Å². The zero-order valence-electron chi connectivity index (χ0n) is 19.0. The Balaban J connectivity index is 1.97. The molecular weight excluding hydrogens is 416 g/mol. The topological polar surface area (TPSA) is 135 Å². The van der Waals surface area contributed by atoms with E-state index in [4.69, 9.17) is 9.26 Å². The van der Waals surface area contributed by atoms with Crippen molar-refractivity contribution in [3.05, 3.63) is 35.7 Å². The number of carbonyl (C=O) groups excluding carboxylic acids is 2. The maximum atomic E-state index is 12.7. The molecule has 1 heterocycles. The number of aromatic nitrogens is 2. The highest BCUT2D eigenvalue weighted by Crippen LogP contribution is 2.18. The van der Waals surface area contributed by atoms with Crippen molar-refractivity contribution < 1.29 is 28.8 Å². The monoisotopic (exact) mass is 446 g/mol. The van der Waals surface area contributed by atoms with Gasteiger partial charge in [0.25, 0.3) is 5.91 Å². The lowest BCUT2D eigenvalue weighted by molar-refractivity contribution is -0.137. The molecule has 2 amide bonds. The highest BCUT2D eigenvalue weighted by atomic mass is 16.6. The number of hydrogen-bond acceptors (Lipinski definition) is 7. The van der Waals surface area contributed by atoms with Crippen molar-refractivity contribution in [1.29, 1.82) is 0 Å². The molecule has 2 N–H and O–H groups in total. The summed E-state index contributed by atoms with van der Waals surface area (Å²) in [5.41, 5.74) is 0.370. The number of nitrogens with zero attached hydrogens (tertiary/aromatic N) is 3. The number of nitrogens with one attached hydrogen (secondary N) is 1. The van der Waals surface area contributed by atoms with Gasteiger partial charge in [-0.15, -0.1) is 0 Å². The van der Waals surface area contributed by atoms with Crippen LogP contribution in [0.4, 0.5) is 4.79 Å². The number of amides is 2. The lowest BCUT2D eigenvalue weighted by Gasteiger charge is -2.25.